The monoisotopic (exact) mass is 419 g/mol. The number of benzene rings is 1. The molecule has 30 heavy (non-hydrogen) atoms. The van der Waals surface area contributed by atoms with Gasteiger partial charge in [0, 0.05) is 31.1 Å². The van der Waals surface area contributed by atoms with Crippen LogP contribution in [0.2, 0.25) is 0 Å². The number of aromatic amines is 1. The van der Waals surface area contributed by atoms with Crippen molar-refractivity contribution in [2.75, 3.05) is 13.1 Å². The summed E-state index contributed by atoms with van der Waals surface area (Å²) in [5.74, 6) is 1.12. The molecule has 0 saturated carbocycles. The minimum Gasteiger partial charge on any atom is -0.337 e. The molecule has 4 heterocycles. The molecule has 0 atom stereocenters. The molecular weight excluding hydrogens is 398 g/mol. The molecule has 152 valence electrons. The molecule has 0 aliphatic carbocycles. The van der Waals surface area contributed by atoms with Crippen LogP contribution in [0.4, 0.5) is 0 Å². The number of pyridine rings is 1. The first-order valence-corrected chi connectivity index (χ1v) is 10.9. The summed E-state index contributed by atoms with van der Waals surface area (Å²) in [7, 11) is 0. The largest absolute Gasteiger partial charge is 0.348 e. The zero-order valence-corrected chi connectivity index (χ0v) is 17.1. The third kappa shape index (κ3) is 3.43. The van der Waals surface area contributed by atoms with Gasteiger partial charge in [-0.25, -0.2) is 14.5 Å². The van der Waals surface area contributed by atoms with Gasteiger partial charge in [0.05, 0.1) is 0 Å². The smallest absolute Gasteiger partial charge is 0.337 e. The maximum absolute atomic E-state index is 13.1. The number of nitrogens with one attached hydrogen (secondary N) is 1. The highest BCUT2D eigenvalue weighted by Crippen LogP contribution is 2.25. The van der Waals surface area contributed by atoms with Gasteiger partial charge in [0.15, 0.2) is 0 Å². The maximum Gasteiger partial charge on any atom is 0.348 e. The third-order valence-electron chi connectivity index (χ3n) is 5.72. The van der Waals surface area contributed by atoms with Crippen LogP contribution < -0.4 is 5.69 Å². The second-order valence-corrected chi connectivity index (χ2v) is 8.48. The molecule has 1 aliphatic rings. The Hall–Kier alpha value is -3.26. The van der Waals surface area contributed by atoms with Crippen molar-refractivity contribution < 1.29 is 4.79 Å². The molecule has 0 radical (unpaired) electrons. The van der Waals surface area contributed by atoms with Crippen molar-refractivity contribution in [2.24, 2.45) is 5.92 Å². The van der Waals surface area contributed by atoms with E-state index in [-0.39, 0.29) is 11.6 Å². The number of nitrogens with zero attached hydrogens (tertiary/aromatic N) is 4. The number of carbonyl (C=O) groups excluding carboxylic acids is 1. The highest BCUT2D eigenvalue weighted by atomic mass is 32.1. The van der Waals surface area contributed by atoms with Crippen LogP contribution in [0.15, 0.2) is 58.8 Å². The minimum absolute atomic E-state index is 0.0134. The first kappa shape index (κ1) is 18.7. The lowest BCUT2D eigenvalue weighted by molar-refractivity contribution is 0.0686. The van der Waals surface area contributed by atoms with Crippen LogP contribution in [-0.4, -0.2) is 43.6 Å². The van der Waals surface area contributed by atoms with Crippen molar-refractivity contribution in [1.82, 2.24) is 24.6 Å². The number of aromatic nitrogens is 4. The van der Waals surface area contributed by atoms with Crippen LogP contribution in [-0.2, 0) is 6.42 Å². The molecule has 1 saturated heterocycles. The Morgan fingerprint density at radius 2 is 1.97 bits per heavy atom. The number of hydrogen-bond donors (Lipinski definition) is 1. The van der Waals surface area contributed by atoms with Crippen LogP contribution >= 0.6 is 11.3 Å². The fraction of sp³-hybridized carbons (Fsp3) is 0.273. The van der Waals surface area contributed by atoms with E-state index >= 15 is 0 Å². The molecule has 0 unspecified atom stereocenters. The number of amides is 1. The van der Waals surface area contributed by atoms with Crippen LogP contribution in [0.3, 0.4) is 0 Å². The Morgan fingerprint density at radius 3 is 2.77 bits per heavy atom. The van der Waals surface area contributed by atoms with Gasteiger partial charge in [0.1, 0.15) is 16.5 Å². The zero-order chi connectivity index (χ0) is 20.5. The van der Waals surface area contributed by atoms with E-state index < -0.39 is 0 Å². The Kier molecular flexibility index (Phi) is 4.92. The number of thiophene rings is 1. The lowest BCUT2D eigenvalue weighted by Gasteiger charge is -2.31. The first-order chi connectivity index (χ1) is 14.7. The standard InChI is InChI=1S/C22H21N5O2S/c28-21(20-17-5-2-1-4-16(17)7-10-23-20)26-11-8-15(9-12-26)14-18-24-25-22(29)27(18)19-6-3-13-30-19/h1-7,10,13,15H,8-9,11-12,14H2,(H,25,29). The molecule has 0 bridgehead atoms. The van der Waals surface area contributed by atoms with Gasteiger partial charge in [-0.1, -0.05) is 24.3 Å². The summed E-state index contributed by atoms with van der Waals surface area (Å²) in [6, 6.07) is 13.6. The normalized spacial score (nSPS) is 15.0. The number of H-pyrrole nitrogens is 1. The van der Waals surface area contributed by atoms with Gasteiger partial charge in [-0.15, -0.1) is 11.3 Å². The average molecular weight is 420 g/mol. The van der Waals surface area contributed by atoms with E-state index in [0.29, 0.717) is 31.1 Å². The lowest BCUT2D eigenvalue weighted by Crippen LogP contribution is -2.39. The van der Waals surface area contributed by atoms with Crippen LogP contribution in [0.25, 0.3) is 15.8 Å². The van der Waals surface area contributed by atoms with Crippen molar-refractivity contribution in [1.29, 1.82) is 0 Å². The highest BCUT2D eigenvalue weighted by Gasteiger charge is 2.27. The zero-order valence-electron chi connectivity index (χ0n) is 16.3. The van der Waals surface area contributed by atoms with E-state index in [0.717, 1.165) is 34.4 Å². The molecule has 4 aromatic rings. The summed E-state index contributed by atoms with van der Waals surface area (Å²) < 4.78 is 1.65. The van der Waals surface area contributed by atoms with Gasteiger partial charge in [0.25, 0.3) is 5.91 Å². The van der Waals surface area contributed by atoms with Gasteiger partial charge in [-0.05, 0) is 47.7 Å². The predicted octanol–water partition coefficient (Wildman–Crippen LogP) is 3.27. The Balaban J connectivity index is 1.28. The van der Waals surface area contributed by atoms with Gasteiger partial charge in [-0.2, -0.15) is 5.10 Å². The Bertz CT molecular complexity index is 1230. The highest BCUT2D eigenvalue weighted by molar-refractivity contribution is 7.12. The summed E-state index contributed by atoms with van der Waals surface area (Å²) in [5.41, 5.74) is 0.312. The van der Waals surface area contributed by atoms with E-state index in [1.807, 2.05) is 52.7 Å². The van der Waals surface area contributed by atoms with Gasteiger partial charge < -0.3 is 4.90 Å². The van der Waals surface area contributed by atoms with E-state index in [1.54, 1.807) is 10.8 Å². The number of hydrogen-bond acceptors (Lipinski definition) is 5. The van der Waals surface area contributed by atoms with Crippen molar-refractivity contribution in [3.05, 3.63) is 76.0 Å². The SMILES string of the molecule is O=C(c1nccc2ccccc12)N1CCC(Cc2n[nH]c(=O)n2-c2cccs2)CC1. The van der Waals surface area contributed by atoms with E-state index in [4.69, 9.17) is 0 Å². The first-order valence-electron chi connectivity index (χ1n) is 10.0. The second-order valence-electron chi connectivity index (χ2n) is 7.55. The fourth-order valence-electron chi connectivity index (χ4n) is 4.13. The average Bonchev–Trinajstić information content (AvgIpc) is 3.43. The molecule has 3 aromatic heterocycles. The van der Waals surface area contributed by atoms with Crippen molar-refractivity contribution in [3.8, 4) is 5.00 Å². The molecule has 1 N–H and O–H groups in total. The molecule has 0 spiro atoms. The van der Waals surface area contributed by atoms with Gasteiger partial charge >= 0.3 is 5.69 Å². The molecule has 8 heteroatoms. The molecule has 5 rings (SSSR count). The number of carbonyl (C=O) groups is 1. The van der Waals surface area contributed by atoms with Crippen LogP contribution in [0.5, 0.6) is 0 Å². The molecule has 1 fully saturated rings. The van der Waals surface area contributed by atoms with Gasteiger partial charge in [-0.3, -0.25) is 9.78 Å². The lowest BCUT2D eigenvalue weighted by atomic mass is 9.93. The van der Waals surface area contributed by atoms with Crippen molar-refractivity contribution in [2.45, 2.75) is 19.3 Å². The predicted molar refractivity (Wildman–Crippen MR) is 116 cm³/mol. The molecule has 1 aliphatic heterocycles. The molecule has 1 aromatic carbocycles. The summed E-state index contributed by atoms with van der Waals surface area (Å²) in [4.78, 5) is 31.5. The molecule has 7 nitrogen and oxygen atoms in total. The number of rotatable bonds is 4. The van der Waals surface area contributed by atoms with E-state index in [2.05, 4.69) is 15.2 Å². The maximum atomic E-state index is 13.1. The summed E-state index contributed by atoms with van der Waals surface area (Å²) in [6.07, 6.45) is 4.17. The number of fused-ring (bicyclic) bond motifs is 1. The summed E-state index contributed by atoms with van der Waals surface area (Å²) in [5, 5.41) is 11.6. The molecular formula is C22H21N5O2S. The summed E-state index contributed by atoms with van der Waals surface area (Å²) >= 11 is 1.52. The van der Waals surface area contributed by atoms with E-state index in [9.17, 15) is 9.59 Å². The topological polar surface area (TPSA) is 83.9 Å². The number of piperidine rings is 1. The van der Waals surface area contributed by atoms with Crippen molar-refractivity contribution >= 4 is 28.0 Å². The quantitative estimate of drug-likeness (QED) is 0.550. The second kappa shape index (κ2) is 7.87. The fourth-order valence-corrected chi connectivity index (χ4v) is 4.88. The van der Waals surface area contributed by atoms with Crippen molar-refractivity contribution in [3.63, 3.8) is 0 Å². The molecule has 1 amide bonds. The number of likely N-dealkylation sites (tertiary alicyclic amines) is 1. The van der Waals surface area contributed by atoms with Gasteiger partial charge in [0.2, 0.25) is 0 Å². The third-order valence-corrected chi connectivity index (χ3v) is 6.57. The van der Waals surface area contributed by atoms with Crippen LogP contribution in [0, 0.1) is 5.92 Å². The summed E-state index contributed by atoms with van der Waals surface area (Å²) in [6.45, 7) is 1.37. The minimum atomic E-state index is -0.206. The van der Waals surface area contributed by atoms with E-state index in [1.165, 1.54) is 11.3 Å². The Morgan fingerprint density at radius 1 is 1.13 bits per heavy atom. The van der Waals surface area contributed by atoms with Crippen LogP contribution in [0.1, 0.15) is 29.2 Å². The Labute approximate surface area is 177 Å².